The molecule has 0 atom stereocenters. The summed E-state index contributed by atoms with van der Waals surface area (Å²) in [6.45, 7) is 0. The number of nitrogens with zero attached hydrogens (tertiary/aromatic N) is 1. The first-order valence-corrected chi connectivity index (χ1v) is 7.18. The zero-order valence-electron chi connectivity index (χ0n) is 9.60. The van der Waals surface area contributed by atoms with E-state index in [1.165, 1.54) is 12.3 Å². The highest BCUT2D eigenvalue weighted by Gasteiger charge is 2.31. The first kappa shape index (κ1) is 15.6. The van der Waals surface area contributed by atoms with E-state index in [9.17, 15) is 13.2 Å². The number of aromatic nitrogens is 1. The van der Waals surface area contributed by atoms with E-state index < -0.39 is 11.7 Å². The van der Waals surface area contributed by atoms with Gasteiger partial charge in [0.1, 0.15) is 5.82 Å². The molecule has 0 fully saturated rings. The summed E-state index contributed by atoms with van der Waals surface area (Å²) < 4.78 is 39.2. The Labute approximate surface area is 134 Å². The molecule has 0 saturated heterocycles. The summed E-state index contributed by atoms with van der Waals surface area (Å²) in [7, 11) is 0. The maximum atomic E-state index is 12.7. The lowest BCUT2D eigenvalue weighted by Crippen LogP contribution is -2.06. The largest absolute Gasteiger partial charge is 0.416 e. The minimum atomic E-state index is -4.41. The van der Waals surface area contributed by atoms with E-state index in [1.807, 2.05) is 0 Å². The maximum absolute atomic E-state index is 12.7. The van der Waals surface area contributed by atoms with Crippen molar-refractivity contribution >= 4 is 55.0 Å². The second-order valence-electron chi connectivity index (χ2n) is 3.80. The van der Waals surface area contributed by atoms with Crippen molar-refractivity contribution in [3.05, 3.63) is 50.0 Å². The van der Waals surface area contributed by atoms with E-state index in [0.29, 0.717) is 14.0 Å². The standard InChI is InChI=1S/C12H6Br2ClF3N2/c13-7-4-9(15)11(19-5-7)20-10-3-6(12(16,17)18)1-2-8(10)14/h1-5H,(H,19,20). The minimum absolute atomic E-state index is 0.233. The van der Waals surface area contributed by atoms with Gasteiger partial charge < -0.3 is 5.32 Å². The second kappa shape index (κ2) is 5.91. The summed E-state index contributed by atoms with van der Waals surface area (Å²) in [5.74, 6) is 0.273. The van der Waals surface area contributed by atoms with Gasteiger partial charge in [0.15, 0.2) is 0 Å². The van der Waals surface area contributed by atoms with Crippen molar-refractivity contribution in [2.75, 3.05) is 5.32 Å². The van der Waals surface area contributed by atoms with Gasteiger partial charge in [0.25, 0.3) is 0 Å². The van der Waals surface area contributed by atoms with Crippen LogP contribution in [0, 0.1) is 0 Å². The Balaban J connectivity index is 2.38. The van der Waals surface area contributed by atoms with Crippen molar-refractivity contribution in [1.29, 1.82) is 0 Å². The number of rotatable bonds is 2. The third kappa shape index (κ3) is 3.65. The van der Waals surface area contributed by atoms with Gasteiger partial charge in [0.2, 0.25) is 0 Å². The second-order valence-corrected chi connectivity index (χ2v) is 5.98. The number of alkyl halides is 3. The van der Waals surface area contributed by atoms with Gasteiger partial charge >= 0.3 is 6.18 Å². The molecule has 0 bridgehead atoms. The first-order chi connectivity index (χ1) is 9.27. The highest BCUT2D eigenvalue weighted by Crippen LogP contribution is 2.36. The molecule has 0 unspecified atom stereocenters. The van der Waals surface area contributed by atoms with Crippen LogP contribution in [-0.4, -0.2) is 4.98 Å². The smallest absolute Gasteiger partial charge is 0.338 e. The quantitative estimate of drug-likeness (QED) is 0.630. The van der Waals surface area contributed by atoms with Crippen molar-refractivity contribution in [1.82, 2.24) is 4.98 Å². The van der Waals surface area contributed by atoms with Gasteiger partial charge in [-0.2, -0.15) is 13.2 Å². The Bertz CT molecular complexity index is 647. The van der Waals surface area contributed by atoms with Crippen LogP contribution in [0.25, 0.3) is 0 Å². The number of hydrogen-bond donors (Lipinski definition) is 1. The molecule has 8 heteroatoms. The molecule has 106 valence electrons. The fourth-order valence-electron chi connectivity index (χ4n) is 1.43. The van der Waals surface area contributed by atoms with E-state index in [0.717, 1.165) is 12.1 Å². The average molecular weight is 430 g/mol. The predicted octanol–water partition coefficient (Wildman–Crippen LogP) is 6.02. The Kier molecular flexibility index (Phi) is 4.61. The predicted molar refractivity (Wildman–Crippen MR) is 79.4 cm³/mol. The summed E-state index contributed by atoms with van der Waals surface area (Å²) in [5.41, 5.74) is -0.520. The van der Waals surface area contributed by atoms with Crippen LogP contribution in [0.5, 0.6) is 0 Å². The fraction of sp³-hybridized carbons (Fsp3) is 0.0833. The monoisotopic (exact) mass is 428 g/mol. The Morgan fingerprint density at radius 2 is 1.85 bits per heavy atom. The first-order valence-electron chi connectivity index (χ1n) is 5.22. The lowest BCUT2D eigenvalue weighted by atomic mass is 10.2. The number of anilines is 2. The third-order valence-corrected chi connectivity index (χ3v) is 3.77. The maximum Gasteiger partial charge on any atom is 0.416 e. The molecule has 20 heavy (non-hydrogen) atoms. The highest BCUT2D eigenvalue weighted by atomic mass is 79.9. The van der Waals surface area contributed by atoms with E-state index in [-0.39, 0.29) is 11.5 Å². The van der Waals surface area contributed by atoms with Gasteiger partial charge in [-0.05, 0) is 56.1 Å². The summed E-state index contributed by atoms with van der Waals surface area (Å²) in [4.78, 5) is 4.01. The fourth-order valence-corrected chi connectivity index (χ4v) is 2.45. The van der Waals surface area contributed by atoms with Gasteiger partial charge in [0.05, 0.1) is 16.3 Å². The van der Waals surface area contributed by atoms with E-state index in [4.69, 9.17) is 11.6 Å². The molecule has 0 spiro atoms. The van der Waals surface area contributed by atoms with Crippen LogP contribution in [0.2, 0.25) is 5.02 Å². The SMILES string of the molecule is FC(F)(F)c1ccc(Br)c(Nc2ncc(Br)cc2Cl)c1. The Morgan fingerprint density at radius 1 is 1.15 bits per heavy atom. The van der Waals surface area contributed by atoms with Crippen molar-refractivity contribution in [2.24, 2.45) is 0 Å². The van der Waals surface area contributed by atoms with Gasteiger partial charge in [-0.15, -0.1) is 0 Å². The van der Waals surface area contributed by atoms with Crippen molar-refractivity contribution in [3.8, 4) is 0 Å². The topological polar surface area (TPSA) is 24.9 Å². The van der Waals surface area contributed by atoms with Crippen LogP contribution in [-0.2, 0) is 6.18 Å². The molecular weight excluding hydrogens is 424 g/mol. The molecule has 0 amide bonds. The molecule has 0 saturated carbocycles. The van der Waals surface area contributed by atoms with E-state index in [1.54, 1.807) is 6.07 Å². The van der Waals surface area contributed by atoms with Gasteiger partial charge in [0, 0.05) is 15.1 Å². The molecule has 0 aliphatic carbocycles. The number of nitrogens with one attached hydrogen (secondary N) is 1. The number of pyridine rings is 1. The van der Waals surface area contributed by atoms with Gasteiger partial charge in [-0.25, -0.2) is 4.98 Å². The molecule has 0 aliphatic rings. The molecule has 2 aromatic rings. The molecule has 1 aromatic carbocycles. The minimum Gasteiger partial charge on any atom is -0.338 e. The number of benzene rings is 1. The summed E-state index contributed by atoms with van der Waals surface area (Å²) in [6, 6.07) is 4.90. The highest BCUT2D eigenvalue weighted by molar-refractivity contribution is 9.10. The van der Waals surface area contributed by atoms with Gasteiger partial charge in [-0.3, -0.25) is 0 Å². The average Bonchev–Trinajstić information content (AvgIpc) is 2.33. The molecule has 1 N–H and O–H groups in total. The Hall–Kier alpha value is -0.790. The van der Waals surface area contributed by atoms with Crippen LogP contribution in [0.3, 0.4) is 0 Å². The van der Waals surface area contributed by atoms with E-state index in [2.05, 4.69) is 42.2 Å². The van der Waals surface area contributed by atoms with Gasteiger partial charge in [-0.1, -0.05) is 11.6 Å². The van der Waals surface area contributed by atoms with Crippen molar-refractivity contribution < 1.29 is 13.2 Å². The lowest BCUT2D eigenvalue weighted by Gasteiger charge is -2.13. The van der Waals surface area contributed by atoms with Crippen molar-refractivity contribution in [2.45, 2.75) is 6.18 Å². The summed E-state index contributed by atoms with van der Waals surface area (Å²) in [5, 5.41) is 3.06. The molecule has 1 aromatic heterocycles. The molecule has 2 nitrogen and oxygen atoms in total. The Morgan fingerprint density at radius 3 is 2.45 bits per heavy atom. The van der Waals surface area contributed by atoms with Crippen LogP contribution in [0.15, 0.2) is 39.4 Å². The zero-order valence-corrected chi connectivity index (χ0v) is 13.5. The zero-order chi connectivity index (χ0) is 14.9. The van der Waals surface area contributed by atoms with Crippen LogP contribution in [0.1, 0.15) is 5.56 Å². The van der Waals surface area contributed by atoms with Crippen LogP contribution in [0.4, 0.5) is 24.7 Å². The normalized spacial score (nSPS) is 11.5. The molecule has 1 heterocycles. The summed E-state index contributed by atoms with van der Waals surface area (Å²) >= 11 is 12.4. The molecule has 0 radical (unpaired) electrons. The third-order valence-electron chi connectivity index (χ3n) is 2.35. The van der Waals surface area contributed by atoms with Crippen LogP contribution >= 0.6 is 43.5 Å². The summed E-state index contributed by atoms with van der Waals surface area (Å²) in [6.07, 6.45) is -2.91. The van der Waals surface area contributed by atoms with Crippen molar-refractivity contribution in [3.63, 3.8) is 0 Å². The molecule has 0 aliphatic heterocycles. The molecule has 2 rings (SSSR count). The molecular formula is C12H6Br2ClF3N2. The van der Waals surface area contributed by atoms with E-state index >= 15 is 0 Å². The van der Waals surface area contributed by atoms with Crippen LogP contribution < -0.4 is 5.32 Å². The number of halogens is 6. The lowest BCUT2D eigenvalue weighted by molar-refractivity contribution is -0.137. The number of hydrogen-bond acceptors (Lipinski definition) is 2.